The average Bonchev–Trinajstić information content (AvgIpc) is 3.09. The first-order valence-electron chi connectivity index (χ1n) is 8.46. The molecule has 0 aromatic carbocycles. The van der Waals surface area contributed by atoms with E-state index >= 15 is 0 Å². The Morgan fingerprint density at radius 3 is 2.87 bits per heavy atom. The molecule has 0 radical (unpaired) electrons. The highest BCUT2D eigenvalue weighted by molar-refractivity contribution is 5.12. The highest BCUT2D eigenvalue weighted by Gasteiger charge is 2.28. The quantitative estimate of drug-likeness (QED) is 0.791. The van der Waals surface area contributed by atoms with Crippen LogP contribution in [0.2, 0.25) is 0 Å². The van der Waals surface area contributed by atoms with Gasteiger partial charge in [-0.1, -0.05) is 5.21 Å². The van der Waals surface area contributed by atoms with Crippen LogP contribution in [0.3, 0.4) is 0 Å². The molecule has 2 fully saturated rings. The lowest BCUT2D eigenvalue weighted by Crippen LogP contribution is -2.38. The number of hydrogen-bond acceptors (Lipinski definition) is 5. The summed E-state index contributed by atoms with van der Waals surface area (Å²) in [6.45, 7) is 3.54. The van der Waals surface area contributed by atoms with Gasteiger partial charge in [-0.15, -0.1) is 5.10 Å². The van der Waals surface area contributed by atoms with Crippen LogP contribution in [0.4, 0.5) is 0 Å². The third kappa shape index (κ3) is 3.34. The van der Waals surface area contributed by atoms with Crippen molar-refractivity contribution in [2.24, 2.45) is 0 Å². The predicted molar refractivity (Wildman–Crippen MR) is 85.1 cm³/mol. The predicted octanol–water partition coefficient (Wildman–Crippen LogP) is 0.877. The van der Waals surface area contributed by atoms with Gasteiger partial charge in [0.1, 0.15) is 0 Å². The Morgan fingerprint density at radius 1 is 1.17 bits per heavy atom. The van der Waals surface area contributed by atoms with E-state index in [0.717, 1.165) is 31.7 Å². The second-order valence-corrected chi connectivity index (χ2v) is 6.55. The number of rotatable bonds is 6. The van der Waals surface area contributed by atoms with Gasteiger partial charge < -0.3 is 0 Å². The average molecular weight is 314 g/mol. The topological polar surface area (TPSA) is 68.8 Å². The monoisotopic (exact) mass is 314 g/mol. The van der Waals surface area contributed by atoms with Crippen LogP contribution in [-0.2, 0) is 13.1 Å². The molecule has 1 saturated carbocycles. The van der Waals surface area contributed by atoms with Crippen molar-refractivity contribution in [3.05, 3.63) is 40.6 Å². The third-order valence-electron chi connectivity index (χ3n) is 4.85. The highest BCUT2D eigenvalue weighted by Crippen LogP contribution is 2.38. The molecule has 1 unspecified atom stereocenters. The highest BCUT2D eigenvalue weighted by atomic mass is 16.1. The smallest absolute Gasteiger partial charge is 0.266 e. The molecule has 3 heterocycles. The van der Waals surface area contributed by atoms with Crippen LogP contribution < -0.4 is 5.56 Å². The fraction of sp³-hybridized carbons (Fsp3) is 0.625. The molecule has 1 aliphatic carbocycles. The van der Waals surface area contributed by atoms with Crippen LogP contribution in [0.25, 0.3) is 0 Å². The van der Waals surface area contributed by atoms with Crippen molar-refractivity contribution in [3.63, 3.8) is 0 Å². The molecule has 2 aromatic heterocycles. The van der Waals surface area contributed by atoms with Gasteiger partial charge in [-0.2, -0.15) is 5.10 Å². The first-order valence-corrected chi connectivity index (χ1v) is 8.46. The summed E-state index contributed by atoms with van der Waals surface area (Å²) in [4.78, 5) is 14.6. The van der Waals surface area contributed by atoms with Crippen molar-refractivity contribution >= 4 is 0 Å². The minimum absolute atomic E-state index is 0.0116. The second-order valence-electron chi connectivity index (χ2n) is 6.55. The van der Waals surface area contributed by atoms with Crippen molar-refractivity contribution in [2.45, 2.75) is 50.7 Å². The van der Waals surface area contributed by atoms with Crippen LogP contribution in [0.15, 0.2) is 29.3 Å². The van der Waals surface area contributed by atoms with Crippen molar-refractivity contribution in [1.29, 1.82) is 0 Å². The Hall–Kier alpha value is -2.02. The molecule has 7 nitrogen and oxygen atoms in total. The van der Waals surface area contributed by atoms with E-state index in [1.165, 1.54) is 19.3 Å². The summed E-state index contributed by atoms with van der Waals surface area (Å²) in [5.41, 5.74) is 1.09. The SMILES string of the molecule is O=c1ccc(C2CC2)nn1CC1CCCN1CCn1ccnn1. The number of likely N-dealkylation sites (tertiary alicyclic amines) is 1. The fourth-order valence-corrected chi connectivity index (χ4v) is 3.37. The van der Waals surface area contributed by atoms with Crippen LogP contribution in [-0.4, -0.2) is 48.8 Å². The van der Waals surface area contributed by atoms with Crippen molar-refractivity contribution in [3.8, 4) is 0 Å². The van der Waals surface area contributed by atoms with Gasteiger partial charge in [0.05, 0.1) is 25.0 Å². The number of nitrogens with zero attached hydrogens (tertiary/aromatic N) is 6. The van der Waals surface area contributed by atoms with Gasteiger partial charge in [0.15, 0.2) is 0 Å². The summed E-state index contributed by atoms with van der Waals surface area (Å²) in [5.74, 6) is 0.578. The molecule has 7 heteroatoms. The minimum atomic E-state index is 0.0116. The Kier molecular flexibility index (Phi) is 3.95. The van der Waals surface area contributed by atoms with Gasteiger partial charge in [-0.25, -0.2) is 4.68 Å². The van der Waals surface area contributed by atoms with Gasteiger partial charge >= 0.3 is 0 Å². The number of aromatic nitrogens is 5. The van der Waals surface area contributed by atoms with E-state index in [9.17, 15) is 4.79 Å². The maximum atomic E-state index is 12.1. The molecule has 1 saturated heterocycles. The normalized spacial score (nSPS) is 21.8. The van der Waals surface area contributed by atoms with Crippen LogP contribution >= 0.6 is 0 Å². The molecule has 1 aliphatic heterocycles. The molecular formula is C16H22N6O. The van der Waals surface area contributed by atoms with Gasteiger partial charge in [0.25, 0.3) is 5.56 Å². The fourth-order valence-electron chi connectivity index (χ4n) is 3.37. The maximum Gasteiger partial charge on any atom is 0.266 e. The van der Waals surface area contributed by atoms with E-state index in [0.29, 0.717) is 18.5 Å². The lowest BCUT2D eigenvalue weighted by molar-refractivity contribution is 0.213. The molecule has 2 aliphatic rings. The molecule has 0 bridgehead atoms. The standard InChI is InChI=1S/C16H22N6O/c23-16-6-5-15(13-3-4-13)18-22(16)12-14-2-1-8-20(14)10-11-21-9-7-17-19-21/h5-7,9,13-14H,1-4,8,10-12H2. The Labute approximate surface area is 134 Å². The van der Waals surface area contributed by atoms with Crippen molar-refractivity contribution in [1.82, 2.24) is 29.7 Å². The zero-order valence-electron chi connectivity index (χ0n) is 13.2. The molecule has 4 rings (SSSR count). The van der Waals surface area contributed by atoms with Crippen LogP contribution in [0.1, 0.15) is 37.3 Å². The van der Waals surface area contributed by atoms with Gasteiger partial charge in [-0.3, -0.25) is 14.4 Å². The first-order chi connectivity index (χ1) is 11.3. The molecule has 0 amide bonds. The summed E-state index contributed by atoms with van der Waals surface area (Å²) in [6, 6.07) is 3.96. The molecule has 2 aromatic rings. The zero-order valence-corrected chi connectivity index (χ0v) is 13.2. The van der Waals surface area contributed by atoms with Crippen LogP contribution in [0, 0.1) is 0 Å². The van der Waals surface area contributed by atoms with E-state index in [1.807, 2.05) is 16.9 Å². The van der Waals surface area contributed by atoms with Gasteiger partial charge in [-0.05, 0) is 38.3 Å². The Morgan fingerprint density at radius 2 is 2.09 bits per heavy atom. The Bertz CT molecular complexity index is 706. The van der Waals surface area contributed by atoms with Crippen LogP contribution in [0.5, 0.6) is 0 Å². The van der Waals surface area contributed by atoms with Crippen molar-refractivity contribution in [2.75, 3.05) is 13.1 Å². The number of hydrogen-bond donors (Lipinski definition) is 0. The van der Waals surface area contributed by atoms with Crippen molar-refractivity contribution < 1.29 is 0 Å². The summed E-state index contributed by atoms with van der Waals surface area (Å²) in [5, 5.41) is 12.4. The van der Waals surface area contributed by atoms with E-state index in [2.05, 4.69) is 20.3 Å². The lowest BCUT2D eigenvalue weighted by atomic mass is 10.2. The molecule has 1 atom stereocenters. The maximum absolute atomic E-state index is 12.1. The van der Waals surface area contributed by atoms with E-state index in [4.69, 9.17) is 0 Å². The largest absolute Gasteiger partial charge is 0.297 e. The molecule has 23 heavy (non-hydrogen) atoms. The van der Waals surface area contributed by atoms with E-state index in [-0.39, 0.29) is 5.56 Å². The molecule has 0 spiro atoms. The van der Waals surface area contributed by atoms with Gasteiger partial charge in [0.2, 0.25) is 0 Å². The second kappa shape index (κ2) is 6.23. The minimum Gasteiger partial charge on any atom is -0.297 e. The molecular weight excluding hydrogens is 292 g/mol. The third-order valence-corrected chi connectivity index (χ3v) is 4.85. The van der Waals surface area contributed by atoms with Gasteiger partial charge in [0, 0.05) is 30.8 Å². The first kappa shape index (κ1) is 14.6. The molecule has 0 N–H and O–H groups in total. The summed E-state index contributed by atoms with van der Waals surface area (Å²) < 4.78 is 3.53. The lowest BCUT2D eigenvalue weighted by Gasteiger charge is -2.24. The van der Waals surface area contributed by atoms with E-state index < -0.39 is 0 Å². The zero-order chi connectivity index (χ0) is 15.6. The summed E-state index contributed by atoms with van der Waals surface area (Å²) in [7, 11) is 0. The Balaban J connectivity index is 1.42. The molecule has 122 valence electrons. The van der Waals surface area contributed by atoms with E-state index in [1.54, 1.807) is 16.9 Å². The summed E-state index contributed by atoms with van der Waals surface area (Å²) >= 11 is 0. The summed E-state index contributed by atoms with van der Waals surface area (Å²) in [6.07, 6.45) is 8.31.